The Labute approximate surface area is 93.5 Å². The van der Waals surface area contributed by atoms with E-state index >= 15 is 0 Å². The van der Waals surface area contributed by atoms with Crippen molar-refractivity contribution in [1.29, 1.82) is 0 Å². The van der Waals surface area contributed by atoms with E-state index in [0.717, 1.165) is 5.56 Å². The molecule has 1 aliphatic rings. The van der Waals surface area contributed by atoms with Crippen LogP contribution >= 0.6 is 0 Å². The standard InChI is InChI=1S/C12H13NO3/c1-8(6-11(14)15)13-7-9-4-2-3-5-10(9)12(13)16/h2-5,8H,6-7H2,1H3,(H,14,15). The summed E-state index contributed by atoms with van der Waals surface area (Å²) in [6, 6.07) is 7.13. The first kappa shape index (κ1) is 10.7. The first-order valence-corrected chi connectivity index (χ1v) is 5.20. The smallest absolute Gasteiger partial charge is 0.305 e. The molecule has 0 saturated heterocycles. The number of carboxylic acid groups (broad SMARTS) is 1. The van der Waals surface area contributed by atoms with Crippen molar-refractivity contribution in [2.45, 2.75) is 25.9 Å². The highest BCUT2D eigenvalue weighted by Crippen LogP contribution is 2.24. The quantitative estimate of drug-likeness (QED) is 0.838. The summed E-state index contributed by atoms with van der Waals surface area (Å²) in [5.41, 5.74) is 1.67. The summed E-state index contributed by atoms with van der Waals surface area (Å²) < 4.78 is 0. The number of nitrogens with zero attached hydrogens (tertiary/aromatic N) is 1. The monoisotopic (exact) mass is 219 g/mol. The highest BCUT2D eigenvalue weighted by Gasteiger charge is 2.30. The van der Waals surface area contributed by atoms with Crippen LogP contribution in [0.1, 0.15) is 29.3 Å². The first-order chi connectivity index (χ1) is 7.59. The molecule has 2 rings (SSSR count). The lowest BCUT2D eigenvalue weighted by Gasteiger charge is -2.22. The minimum atomic E-state index is -0.878. The molecule has 1 unspecified atom stereocenters. The number of amides is 1. The average molecular weight is 219 g/mol. The van der Waals surface area contributed by atoms with Gasteiger partial charge in [-0.25, -0.2) is 0 Å². The Morgan fingerprint density at radius 3 is 2.81 bits per heavy atom. The number of rotatable bonds is 3. The van der Waals surface area contributed by atoms with Crippen LogP contribution in [0.5, 0.6) is 0 Å². The summed E-state index contributed by atoms with van der Waals surface area (Å²) in [5.74, 6) is -0.944. The minimum Gasteiger partial charge on any atom is -0.481 e. The van der Waals surface area contributed by atoms with E-state index in [9.17, 15) is 9.59 Å². The molecule has 0 radical (unpaired) electrons. The number of carbonyl (C=O) groups excluding carboxylic acids is 1. The molecule has 0 saturated carbocycles. The normalized spacial score (nSPS) is 16.1. The molecule has 0 aliphatic carbocycles. The predicted molar refractivity (Wildman–Crippen MR) is 58.0 cm³/mol. The SMILES string of the molecule is CC(CC(=O)O)N1Cc2ccccc2C1=O. The Kier molecular flexibility index (Phi) is 2.64. The lowest BCUT2D eigenvalue weighted by molar-refractivity contribution is -0.138. The second kappa shape index (κ2) is 3.96. The fourth-order valence-corrected chi connectivity index (χ4v) is 2.00. The lowest BCUT2D eigenvalue weighted by atomic mass is 10.1. The van der Waals surface area contributed by atoms with Crippen molar-refractivity contribution in [1.82, 2.24) is 4.90 Å². The molecule has 1 aromatic rings. The van der Waals surface area contributed by atoms with Crippen molar-refractivity contribution in [3.8, 4) is 0 Å². The molecule has 16 heavy (non-hydrogen) atoms. The van der Waals surface area contributed by atoms with Crippen molar-refractivity contribution in [3.05, 3.63) is 35.4 Å². The Bertz CT molecular complexity index is 442. The molecule has 0 spiro atoms. The van der Waals surface area contributed by atoms with E-state index in [0.29, 0.717) is 12.1 Å². The largest absolute Gasteiger partial charge is 0.481 e. The maximum absolute atomic E-state index is 12.0. The fraction of sp³-hybridized carbons (Fsp3) is 0.333. The van der Waals surface area contributed by atoms with Gasteiger partial charge < -0.3 is 10.0 Å². The van der Waals surface area contributed by atoms with Gasteiger partial charge in [-0.2, -0.15) is 0 Å². The van der Waals surface area contributed by atoms with E-state index in [2.05, 4.69) is 0 Å². The van der Waals surface area contributed by atoms with Gasteiger partial charge in [0.2, 0.25) is 0 Å². The maximum Gasteiger partial charge on any atom is 0.305 e. The van der Waals surface area contributed by atoms with Crippen LogP contribution in [0.3, 0.4) is 0 Å². The Balaban J connectivity index is 2.18. The molecule has 1 heterocycles. The molecular formula is C12H13NO3. The van der Waals surface area contributed by atoms with E-state index in [4.69, 9.17) is 5.11 Å². The molecule has 84 valence electrons. The van der Waals surface area contributed by atoms with Gasteiger partial charge in [0.05, 0.1) is 6.42 Å². The van der Waals surface area contributed by atoms with Crippen LogP contribution in [0.2, 0.25) is 0 Å². The third-order valence-corrected chi connectivity index (χ3v) is 2.85. The van der Waals surface area contributed by atoms with Crippen LogP contribution in [-0.2, 0) is 11.3 Å². The van der Waals surface area contributed by atoms with Crippen LogP contribution in [0.4, 0.5) is 0 Å². The Hall–Kier alpha value is -1.84. The van der Waals surface area contributed by atoms with Crippen molar-refractivity contribution < 1.29 is 14.7 Å². The molecule has 1 amide bonds. The van der Waals surface area contributed by atoms with Gasteiger partial charge >= 0.3 is 5.97 Å². The summed E-state index contributed by atoms with van der Waals surface area (Å²) in [4.78, 5) is 24.2. The highest BCUT2D eigenvalue weighted by atomic mass is 16.4. The number of fused-ring (bicyclic) bond motifs is 1. The van der Waals surface area contributed by atoms with Gasteiger partial charge in [0.1, 0.15) is 0 Å². The van der Waals surface area contributed by atoms with Crippen LogP contribution in [0.25, 0.3) is 0 Å². The summed E-state index contributed by atoms with van der Waals surface area (Å²) in [6.07, 6.45) is -0.0142. The van der Waals surface area contributed by atoms with Crippen LogP contribution in [-0.4, -0.2) is 27.9 Å². The van der Waals surface area contributed by atoms with Crippen LogP contribution in [0.15, 0.2) is 24.3 Å². The van der Waals surface area contributed by atoms with Crippen molar-refractivity contribution in [2.24, 2.45) is 0 Å². The van der Waals surface area contributed by atoms with E-state index < -0.39 is 5.97 Å². The van der Waals surface area contributed by atoms with E-state index in [1.807, 2.05) is 18.2 Å². The van der Waals surface area contributed by atoms with Gasteiger partial charge in [0.15, 0.2) is 0 Å². The zero-order valence-electron chi connectivity index (χ0n) is 9.01. The topological polar surface area (TPSA) is 57.6 Å². The second-order valence-corrected chi connectivity index (χ2v) is 4.04. The van der Waals surface area contributed by atoms with Gasteiger partial charge in [0, 0.05) is 18.2 Å². The molecule has 0 fully saturated rings. The average Bonchev–Trinajstić information content (AvgIpc) is 2.56. The molecule has 1 aromatic carbocycles. The van der Waals surface area contributed by atoms with Crippen molar-refractivity contribution in [2.75, 3.05) is 0 Å². The number of hydrogen-bond acceptors (Lipinski definition) is 2. The van der Waals surface area contributed by atoms with Crippen LogP contribution < -0.4 is 0 Å². The third kappa shape index (κ3) is 1.78. The molecule has 1 N–H and O–H groups in total. The highest BCUT2D eigenvalue weighted by molar-refractivity contribution is 5.98. The molecule has 0 aromatic heterocycles. The first-order valence-electron chi connectivity index (χ1n) is 5.20. The van der Waals surface area contributed by atoms with E-state index in [-0.39, 0.29) is 18.4 Å². The number of aliphatic carboxylic acids is 1. The number of benzene rings is 1. The number of carbonyl (C=O) groups is 2. The number of carboxylic acids is 1. The van der Waals surface area contributed by atoms with Gasteiger partial charge in [-0.3, -0.25) is 9.59 Å². The zero-order valence-corrected chi connectivity index (χ0v) is 9.01. The summed E-state index contributed by atoms with van der Waals surface area (Å²) in [5, 5.41) is 8.71. The molecule has 1 atom stereocenters. The van der Waals surface area contributed by atoms with E-state index in [1.54, 1.807) is 17.9 Å². The van der Waals surface area contributed by atoms with Crippen molar-refractivity contribution >= 4 is 11.9 Å². The molecule has 0 bridgehead atoms. The molecular weight excluding hydrogens is 206 g/mol. The molecule has 4 heteroatoms. The fourth-order valence-electron chi connectivity index (χ4n) is 2.00. The Morgan fingerprint density at radius 1 is 1.50 bits per heavy atom. The zero-order chi connectivity index (χ0) is 11.7. The van der Waals surface area contributed by atoms with Crippen molar-refractivity contribution in [3.63, 3.8) is 0 Å². The summed E-state index contributed by atoms with van der Waals surface area (Å²) in [7, 11) is 0. The van der Waals surface area contributed by atoms with Gasteiger partial charge in [-0.15, -0.1) is 0 Å². The van der Waals surface area contributed by atoms with Gasteiger partial charge in [-0.1, -0.05) is 18.2 Å². The van der Waals surface area contributed by atoms with Gasteiger partial charge in [-0.05, 0) is 18.6 Å². The maximum atomic E-state index is 12.0. The lowest BCUT2D eigenvalue weighted by Crippen LogP contribution is -2.34. The number of hydrogen-bond donors (Lipinski definition) is 1. The summed E-state index contributed by atoms with van der Waals surface area (Å²) in [6.45, 7) is 2.28. The molecule has 1 aliphatic heterocycles. The Morgan fingerprint density at radius 2 is 2.19 bits per heavy atom. The summed E-state index contributed by atoms with van der Waals surface area (Å²) >= 11 is 0. The third-order valence-electron chi connectivity index (χ3n) is 2.85. The van der Waals surface area contributed by atoms with E-state index in [1.165, 1.54) is 0 Å². The van der Waals surface area contributed by atoms with Crippen LogP contribution in [0, 0.1) is 0 Å². The predicted octanol–water partition coefficient (Wildman–Crippen LogP) is 1.51. The second-order valence-electron chi connectivity index (χ2n) is 4.04. The molecule has 4 nitrogen and oxygen atoms in total. The van der Waals surface area contributed by atoms with Gasteiger partial charge in [0.25, 0.3) is 5.91 Å². The minimum absolute atomic E-state index is 0.0142.